The van der Waals surface area contributed by atoms with Crippen LogP contribution in [0.1, 0.15) is 24.2 Å². The second-order valence-corrected chi connectivity index (χ2v) is 3.92. The van der Waals surface area contributed by atoms with Crippen LogP contribution in [0.25, 0.3) is 0 Å². The quantitative estimate of drug-likeness (QED) is 0.750. The molecule has 1 aromatic rings. The van der Waals surface area contributed by atoms with Gasteiger partial charge >= 0.3 is 5.97 Å². The van der Waals surface area contributed by atoms with E-state index in [0.717, 1.165) is 11.1 Å². The van der Waals surface area contributed by atoms with Gasteiger partial charge in [0.05, 0.1) is 6.61 Å². The number of carbonyl (C=O) groups excluding carboxylic acids is 1. The number of aryl methyl sites for hydroxylation is 1. The fourth-order valence-electron chi connectivity index (χ4n) is 1.84. The van der Waals surface area contributed by atoms with E-state index in [1.54, 1.807) is 6.92 Å². The maximum atomic E-state index is 11.7. The summed E-state index contributed by atoms with van der Waals surface area (Å²) in [6.45, 7) is 4.13. The first-order valence-electron chi connectivity index (χ1n) is 5.62. The van der Waals surface area contributed by atoms with Gasteiger partial charge in [-0.05, 0) is 19.4 Å². The lowest BCUT2D eigenvalue weighted by Gasteiger charge is -2.16. The van der Waals surface area contributed by atoms with Gasteiger partial charge in [0.1, 0.15) is 0 Å². The van der Waals surface area contributed by atoms with Crippen LogP contribution < -0.4 is 0 Å². The van der Waals surface area contributed by atoms with Gasteiger partial charge < -0.3 is 9.47 Å². The molecule has 1 heterocycles. The molecule has 1 aromatic carbocycles. The van der Waals surface area contributed by atoms with E-state index < -0.39 is 6.04 Å². The number of esters is 1. The first kappa shape index (κ1) is 11.6. The molecule has 0 aromatic heterocycles. The fourth-order valence-corrected chi connectivity index (χ4v) is 1.84. The van der Waals surface area contributed by atoms with E-state index in [0.29, 0.717) is 6.61 Å². The Bertz CT molecular complexity index is 442. The van der Waals surface area contributed by atoms with Crippen molar-refractivity contribution in [1.29, 1.82) is 0 Å². The van der Waals surface area contributed by atoms with Crippen molar-refractivity contribution in [2.45, 2.75) is 26.0 Å². The Kier molecular flexibility index (Phi) is 3.42. The van der Waals surface area contributed by atoms with E-state index in [9.17, 15) is 4.79 Å². The van der Waals surface area contributed by atoms with Gasteiger partial charge in [0.2, 0.25) is 0 Å². The van der Waals surface area contributed by atoms with E-state index in [2.05, 4.69) is 4.99 Å². The van der Waals surface area contributed by atoms with Gasteiger partial charge in [0.25, 0.3) is 0 Å². The van der Waals surface area contributed by atoms with Crippen molar-refractivity contribution in [3.63, 3.8) is 0 Å². The number of ether oxygens (including phenoxy) is 2. The van der Waals surface area contributed by atoms with Crippen molar-refractivity contribution < 1.29 is 14.3 Å². The molecule has 1 aliphatic rings. The van der Waals surface area contributed by atoms with Crippen LogP contribution in [-0.2, 0) is 14.3 Å². The number of hydrogen-bond acceptors (Lipinski definition) is 4. The molecule has 2 unspecified atom stereocenters. The van der Waals surface area contributed by atoms with Gasteiger partial charge in [-0.15, -0.1) is 0 Å². The zero-order valence-electron chi connectivity index (χ0n) is 9.92. The highest BCUT2D eigenvalue weighted by Gasteiger charge is 2.35. The molecule has 17 heavy (non-hydrogen) atoms. The van der Waals surface area contributed by atoms with Gasteiger partial charge in [0.15, 0.2) is 18.5 Å². The number of rotatable bonds is 3. The Morgan fingerprint density at radius 2 is 2.35 bits per heavy atom. The molecule has 1 aliphatic heterocycles. The predicted molar refractivity (Wildman–Crippen MR) is 63.9 cm³/mol. The largest absolute Gasteiger partial charge is 0.473 e. The van der Waals surface area contributed by atoms with Crippen molar-refractivity contribution in [2.24, 2.45) is 4.99 Å². The summed E-state index contributed by atoms with van der Waals surface area (Å²) in [6, 6.07) is 7.27. The molecular formula is C13H15NO3. The third-order valence-corrected chi connectivity index (χ3v) is 2.61. The predicted octanol–water partition coefficient (Wildman–Crippen LogP) is 2.03. The minimum absolute atomic E-state index is 0.340. The highest BCUT2D eigenvalue weighted by molar-refractivity contribution is 5.80. The number of benzene rings is 1. The maximum absolute atomic E-state index is 11.7. The highest BCUT2D eigenvalue weighted by Crippen LogP contribution is 2.28. The maximum Gasteiger partial charge on any atom is 0.335 e. The fraction of sp³-hybridized carbons (Fsp3) is 0.385. The Balaban J connectivity index is 2.18. The average Bonchev–Trinajstić information content (AvgIpc) is 2.78. The summed E-state index contributed by atoms with van der Waals surface area (Å²) in [5.41, 5.74) is 2.07. The third-order valence-electron chi connectivity index (χ3n) is 2.61. The van der Waals surface area contributed by atoms with E-state index in [-0.39, 0.29) is 12.1 Å². The zero-order chi connectivity index (χ0) is 12.3. The molecule has 2 rings (SSSR count). The van der Waals surface area contributed by atoms with Crippen LogP contribution in [0.5, 0.6) is 0 Å². The minimum Gasteiger partial charge on any atom is -0.473 e. The molecule has 90 valence electrons. The average molecular weight is 233 g/mol. The molecule has 4 nitrogen and oxygen atoms in total. The molecule has 0 spiro atoms. The molecule has 0 amide bonds. The number of carbonyl (C=O) groups is 1. The lowest BCUT2D eigenvalue weighted by molar-refractivity contribution is -0.146. The van der Waals surface area contributed by atoms with Crippen LogP contribution >= 0.6 is 0 Å². The summed E-state index contributed by atoms with van der Waals surface area (Å²) in [5, 5.41) is 0. The van der Waals surface area contributed by atoms with Crippen LogP contribution in [0.2, 0.25) is 0 Å². The molecule has 0 bridgehead atoms. The standard InChI is InChI=1S/C13H15NO3/c1-3-16-13(15)11-12(17-8-14-11)10-6-4-5-9(2)7-10/h4-8,11-12H,3H2,1-2H3. The van der Waals surface area contributed by atoms with Crippen LogP contribution in [0.15, 0.2) is 29.3 Å². The van der Waals surface area contributed by atoms with Gasteiger partial charge in [-0.2, -0.15) is 0 Å². The molecule has 2 atom stereocenters. The van der Waals surface area contributed by atoms with Crippen LogP contribution in [0.4, 0.5) is 0 Å². The number of hydrogen-bond donors (Lipinski definition) is 0. The summed E-state index contributed by atoms with van der Waals surface area (Å²) >= 11 is 0. The summed E-state index contributed by atoms with van der Waals surface area (Å²) in [6.07, 6.45) is 0.961. The monoisotopic (exact) mass is 233 g/mol. The smallest absolute Gasteiger partial charge is 0.335 e. The molecule has 0 saturated carbocycles. The molecule has 0 saturated heterocycles. The highest BCUT2D eigenvalue weighted by atomic mass is 16.5. The molecular weight excluding hydrogens is 218 g/mol. The van der Waals surface area contributed by atoms with Crippen LogP contribution in [-0.4, -0.2) is 25.0 Å². The molecule has 0 fully saturated rings. The Labute approximate surface area is 100 Å². The SMILES string of the molecule is CCOC(=O)C1N=COC1c1cccc(C)c1. The van der Waals surface area contributed by atoms with Gasteiger partial charge in [-0.3, -0.25) is 0 Å². The summed E-state index contributed by atoms with van der Waals surface area (Å²) in [5.74, 6) is -0.340. The first-order valence-corrected chi connectivity index (χ1v) is 5.62. The summed E-state index contributed by atoms with van der Waals surface area (Å²) in [4.78, 5) is 15.7. The lowest BCUT2D eigenvalue weighted by atomic mass is 10.0. The van der Waals surface area contributed by atoms with Gasteiger partial charge in [-0.1, -0.05) is 29.8 Å². The number of nitrogens with zero attached hydrogens (tertiary/aromatic N) is 1. The second kappa shape index (κ2) is 4.99. The van der Waals surface area contributed by atoms with E-state index >= 15 is 0 Å². The summed E-state index contributed by atoms with van der Waals surface area (Å²) < 4.78 is 10.4. The topological polar surface area (TPSA) is 47.9 Å². The minimum atomic E-state index is -0.586. The Hall–Kier alpha value is -1.84. The molecule has 4 heteroatoms. The van der Waals surface area contributed by atoms with Crippen LogP contribution in [0, 0.1) is 6.92 Å². The second-order valence-electron chi connectivity index (χ2n) is 3.92. The molecule has 0 N–H and O–H groups in total. The van der Waals surface area contributed by atoms with Crippen molar-refractivity contribution in [2.75, 3.05) is 6.61 Å². The van der Waals surface area contributed by atoms with Crippen LogP contribution in [0.3, 0.4) is 0 Å². The van der Waals surface area contributed by atoms with Crippen molar-refractivity contribution in [1.82, 2.24) is 0 Å². The van der Waals surface area contributed by atoms with E-state index in [1.807, 2.05) is 31.2 Å². The van der Waals surface area contributed by atoms with Crippen molar-refractivity contribution in [3.05, 3.63) is 35.4 Å². The normalized spacial score (nSPS) is 22.2. The zero-order valence-corrected chi connectivity index (χ0v) is 9.92. The van der Waals surface area contributed by atoms with Gasteiger partial charge in [-0.25, -0.2) is 9.79 Å². The van der Waals surface area contributed by atoms with Crippen molar-refractivity contribution >= 4 is 12.4 Å². The Morgan fingerprint density at radius 3 is 3.06 bits per heavy atom. The van der Waals surface area contributed by atoms with E-state index in [1.165, 1.54) is 6.40 Å². The Morgan fingerprint density at radius 1 is 1.53 bits per heavy atom. The summed E-state index contributed by atoms with van der Waals surface area (Å²) in [7, 11) is 0. The molecule has 0 radical (unpaired) electrons. The lowest BCUT2D eigenvalue weighted by Crippen LogP contribution is -2.26. The third kappa shape index (κ3) is 2.46. The van der Waals surface area contributed by atoms with Crippen molar-refractivity contribution in [3.8, 4) is 0 Å². The number of aliphatic imine (C=N–C) groups is 1. The van der Waals surface area contributed by atoms with Gasteiger partial charge in [0, 0.05) is 0 Å². The first-order chi connectivity index (χ1) is 8.22. The van der Waals surface area contributed by atoms with E-state index in [4.69, 9.17) is 9.47 Å². The molecule has 0 aliphatic carbocycles.